The Morgan fingerprint density at radius 2 is 2.12 bits per heavy atom. The molecule has 0 spiro atoms. The molecular weight excluding hydrogens is 326 g/mol. The summed E-state index contributed by atoms with van der Waals surface area (Å²) in [5, 5.41) is 11.7. The van der Waals surface area contributed by atoms with Gasteiger partial charge in [0.15, 0.2) is 0 Å². The van der Waals surface area contributed by atoms with Gasteiger partial charge in [-0.2, -0.15) is 0 Å². The number of aliphatic hydroxyl groups is 1. The maximum absolute atomic E-state index is 12.8. The van der Waals surface area contributed by atoms with Crippen molar-refractivity contribution in [2.24, 2.45) is 0 Å². The molecule has 8 nitrogen and oxygen atoms in total. The molecule has 1 aromatic carbocycles. The van der Waals surface area contributed by atoms with Crippen LogP contribution in [0.2, 0.25) is 0 Å². The van der Waals surface area contributed by atoms with Crippen molar-refractivity contribution in [1.29, 1.82) is 0 Å². The van der Waals surface area contributed by atoms with E-state index in [1.165, 1.54) is 4.90 Å². The van der Waals surface area contributed by atoms with Crippen molar-refractivity contribution in [2.75, 3.05) is 25.2 Å². The number of nitrogens with one attached hydrogen (secondary N) is 1. The number of fused-ring (bicyclic) bond motifs is 2. The van der Waals surface area contributed by atoms with E-state index >= 15 is 0 Å². The number of nitrogens with zero attached hydrogens (tertiary/aromatic N) is 2. The minimum atomic E-state index is -0.626. The first-order chi connectivity index (χ1) is 12.0. The minimum Gasteiger partial charge on any atom is -0.489 e. The standard InChI is InChI=1S/C17H19N3O5/c1-19-10(7-21)8-25-14-5-11-9(4-13(14)19)6-20(17(11)24)12-2-3-15(22)18-16(12)23/h4-5,10,12,21H,2-3,6-8H2,1H3,(H,18,22,23)/t10-,12+/m1/s1. The Labute approximate surface area is 144 Å². The SMILES string of the molecule is CN1c2cc3c(cc2OC[C@H]1CO)C(=O)N([C@H]1CCC(=O)NC1=O)C3. The summed E-state index contributed by atoms with van der Waals surface area (Å²) in [6.45, 7) is 0.656. The summed E-state index contributed by atoms with van der Waals surface area (Å²) in [5.41, 5.74) is 2.17. The van der Waals surface area contributed by atoms with E-state index in [0.29, 0.717) is 30.9 Å². The minimum absolute atomic E-state index is 0.0195. The van der Waals surface area contributed by atoms with E-state index < -0.39 is 11.9 Å². The van der Waals surface area contributed by atoms with Gasteiger partial charge in [0.05, 0.1) is 18.3 Å². The zero-order chi connectivity index (χ0) is 17.7. The number of hydrogen-bond donors (Lipinski definition) is 2. The number of aliphatic hydroxyl groups excluding tert-OH is 1. The number of ether oxygens (including phenoxy) is 1. The Morgan fingerprint density at radius 3 is 2.84 bits per heavy atom. The highest BCUT2D eigenvalue weighted by Crippen LogP contribution is 2.39. The Kier molecular flexibility index (Phi) is 3.64. The molecule has 1 fully saturated rings. The third kappa shape index (κ3) is 2.44. The van der Waals surface area contributed by atoms with Crippen molar-refractivity contribution in [3.63, 3.8) is 0 Å². The quantitative estimate of drug-likeness (QED) is 0.710. The number of likely N-dealkylation sites (N-methyl/N-ethyl adjacent to an activating group) is 1. The average Bonchev–Trinajstić information content (AvgIpc) is 2.90. The summed E-state index contributed by atoms with van der Waals surface area (Å²) < 4.78 is 5.69. The molecule has 3 aliphatic rings. The van der Waals surface area contributed by atoms with E-state index in [4.69, 9.17) is 4.74 Å². The van der Waals surface area contributed by atoms with E-state index in [0.717, 1.165) is 11.3 Å². The summed E-state index contributed by atoms with van der Waals surface area (Å²) in [7, 11) is 1.88. The second-order valence-electron chi connectivity index (χ2n) is 6.64. The largest absolute Gasteiger partial charge is 0.489 e. The van der Waals surface area contributed by atoms with Gasteiger partial charge in [-0.25, -0.2) is 0 Å². The number of benzene rings is 1. The number of piperidine rings is 1. The van der Waals surface area contributed by atoms with Crippen LogP contribution in [0, 0.1) is 0 Å². The van der Waals surface area contributed by atoms with Crippen LogP contribution in [0.3, 0.4) is 0 Å². The molecule has 0 bridgehead atoms. The van der Waals surface area contributed by atoms with Crippen LogP contribution in [0.15, 0.2) is 12.1 Å². The second-order valence-corrected chi connectivity index (χ2v) is 6.64. The highest BCUT2D eigenvalue weighted by Gasteiger charge is 2.40. The van der Waals surface area contributed by atoms with Gasteiger partial charge in [-0.3, -0.25) is 19.7 Å². The molecule has 0 aliphatic carbocycles. The normalized spacial score (nSPS) is 25.4. The van der Waals surface area contributed by atoms with Crippen LogP contribution in [0.4, 0.5) is 5.69 Å². The number of hydrogen-bond acceptors (Lipinski definition) is 6. The molecule has 1 saturated heterocycles. The molecule has 0 saturated carbocycles. The lowest BCUT2D eigenvalue weighted by molar-refractivity contribution is -0.136. The Balaban J connectivity index is 1.64. The first-order valence-electron chi connectivity index (χ1n) is 8.27. The summed E-state index contributed by atoms with van der Waals surface area (Å²) in [6.07, 6.45) is 0.574. The molecule has 25 heavy (non-hydrogen) atoms. The van der Waals surface area contributed by atoms with Crippen LogP contribution in [-0.2, 0) is 16.1 Å². The first-order valence-corrected chi connectivity index (χ1v) is 8.27. The summed E-state index contributed by atoms with van der Waals surface area (Å²) >= 11 is 0. The van der Waals surface area contributed by atoms with Gasteiger partial charge in [-0.1, -0.05) is 0 Å². The molecule has 2 N–H and O–H groups in total. The van der Waals surface area contributed by atoms with Crippen molar-refractivity contribution >= 4 is 23.4 Å². The average molecular weight is 345 g/mol. The van der Waals surface area contributed by atoms with Crippen molar-refractivity contribution in [1.82, 2.24) is 10.2 Å². The third-order valence-electron chi connectivity index (χ3n) is 5.17. The van der Waals surface area contributed by atoms with Gasteiger partial charge in [0.2, 0.25) is 11.8 Å². The predicted octanol–water partition coefficient (Wildman–Crippen LogP) is -0.363. The van der Waals surface area contributed by atoms with E-state index in [-0.39, 0.29) is 30.9 Å². The summed E-state index contributed by atoms with van der Waals surface area (Å²) in [4.78, 5) is 39.6. The van der Waals surface area contributed by atoms with Gasteiger partial charge in [0.1, 0.15) is 18.4 Å². The maximum Gasteiger partial charge on any atom is 0.255 e. The van der Waals surface area contributed by atoms with Gasteiger partial charge in [-0.15, -0.1) is 0 Å². The molecule has 2 atom stereocenters. The Hall–Kier alpha value is -2.61. The number of anilines is 1. The van der Waals surface area contributed by atoms with Gasteiger partial charge in [-0.05, 0) is 24.1 Å². The van der Waals surface area contributed by atoms with E-state index in [1.807, 2.05) is 18.0 Å². The molecule has 3 amide bonds. The molecule has 132 valence electrons. The van der Waals surface area contributed by atoms with Gasteiger partial charge >= 0.3 is 0 Å². The number of carbonyl (C=O) groups is 3. The molecule has 1 aromatic rings. The molecule has 8 heteroatoms. The summed E-state index contributed by atoms with van der Waals surface area (Å²) in [5.74, 6) is -0.339. The van der Waals surface area contributed by atoms with Gasteiger partial charge in [0.25, 0.3) is 5.91 Å². The smallest absolute Gasteiger partial charge is 0.255 e. The molecular formula is C17H19N3O5. The number of imide groups is 1. The molecule has 0 unspecified atom stereocenters. The van der Waals surface area contributed by atoms with E-state index in [1.54, 1.807) is 6.07 Å². The fourth-order valence-electron chi connectivity index (χ4n) is 3.64. The number of amides is 3. The van der Waals surface area contributed by atoms with Crippen molar-refractivity contribution in [2.45, 2.75) is 31.5 Å². The fourth-order valence-corrected chi connectivity index (χ4v) is 3.64. The molecule has 4 rings (SSSR count). The van der Waals surface area contributed by atoms with Crippen LogP contribution >= 0.6 is 0 Å². The highest BCUT2D eigenvalue weighted by atomic mass is 16.5. The van der Waals surface area contributed by atoms with Crippen LogP contribution in [0.25, 0.3) is 0 Å². The lowest BCUT2D eigenvalue weighted by atomic mass is 10.0. The Bertz CT molecular complexity index is 778. The van der Waals surface area contributed by atoms with Crippen LogP contribution in [0.1, 0.15) is 28.8 Å². The van der Waals surface area contributed by atoms with Crippen LogP contribution in [0.5, 0.6) is 5.75 Å². The van der Waals surface area contributed by atoms with Gasteiger partial charge < -0.3 is 19.6 Å². The lowest BCUT2D eigenvalue weighted by Gasteiger charge is -2.35. The highest BCUT2D eigenvalue weighted by molar-refractivity contribution is 6.05. The number of rotatable bonds is 2. The lowest BCUT2D eigenvalue weighted by Crippen LogP contribution is -2.52. The third-order valence-corrected chi connectivity index (χ3v) is 5.17. The zero-order valence-electron chi connectivity index (χ0n) is 13.8. The predicted molar refractivity (Wildman–Crippen MR) is 87.3 cm³/mol. The monoisotopic (exact) mass is 345 g/mol. The second kappa shape index (κ2) is 5.73. The molecule has 0 aromatic heterocycles. The van der Waals surface area contributed by atoms with Gasteiger partial charge in [0, 0.05) is 25.6 Å². The Morgan fingerprint density at radius 1 is 1.32 bits per heavy atom. The molecule has 3 aliphatic heterocycles. The molecule has 3 heterocycles. The van der Waals surface area contributed by atoms with E-state index in [2.05, 4.69) is 5.32 Å². The molecule has 0 radical (unpaired) electrons. The van der Waals surface area contributed by atoms with Crippen LogP contribution < -0.4 is 15.0 Å². The number of carbonyl (C=O) groups excluding carboxylic acids is 3. The first kappa shape index (κ1) is 15.9. The van der Waals surface area contributed by atoms with Crippen molar-refractivity contribution in [3.05, 3.63) is 23.3 Å². The van der Waals surface area contributed by atoms with Crippen molar-refractivity contribution < 1.29 is 24.2 Å². The summed E-state index contributed by atoms with van der Waals surface area (Å²) in [6, 6.07) is 2.84. The van der Waals surface area contributed by atoms with E-state index in [9.17, 15) is 19.5 Å². The fraction of sp³-hybridized carbons (Fsp3) is 0.471. The zero-order valence-corrected chi connectivity index (χ0v) is 13.8. The van der Waals surface area contributed by atoms with Crippen LogP contribution in [-0.4, -0.2) is 60.1 Å². The topological polar surface area (TPSA) is 99.2 Å². The maximum atomic E-state index is 12.8. The van der Waals surface area contributed by atoms with Crippen molar-refractivity contribution in [3.8, 4) is 5.75 Å².